The fraction of sp³-hybridized carbons (Fsp3) is 0. The molecule has 3 nitrogen and oxygen atoms in total. The Hall–Kier alpha value is -6.84. The predicted octanol–water partition coefficient (Wildman–Crippen LogP) is 13.1. The molecule has 0 spiro atoms. The van der Waals surface area contributed by atoms with Crippen LogP contribution in [0.1, 0.15) is 0 Å². The third kappa shape index (κ3) is 4.12. The third-order valence-corrected chi connectivity index (χ3v) is 10.5. The zero-order valence-electron chi connectivity index (χ0n) is 27.6. The van der Waals surface area contributed by atoms with E-state index in [-0.39, 0.29) is 0 Å². The number of aromatic nitrogens is 2. The first-order chi connectivity index (χ1) is 25.3. The van der Waals surface area contributed by atoms with Crippen LogP contribution in [0.5, 0.6) is 0 Å². The predicted molar refractivity (Wildman–Crippen MR) is 213 cm³/mol. The van der Waals surface area contributed by atoms with Crippen LogP contribution in [-0.2, 0) is 0 Å². The van der Waals surface area contributed by atoms with E-state index in [9.17, 15) is 0 Å². The number of fused-ring (bicyclic) bond motifs is 9. The van der Waals surface area contributed by atoms with Crippen LogP contribution in [0.4, 0.5) is 0 Å². The van der Waals surface area contributed by atoms with E-state index in [0.717, 1.165) is 49.8 Å². The molecule has 0 aliphatic heterocycles. The van der Waals surface area contributed by atoms with Gasteiger partial charge in [0.05, 0.1) is 27.8 Å². The molecule has 0 amide bonds. The average molecular weight is 651 g/mol. The molecule has 51 heavy (non-hydrogen) atoms. The van der Waals surface area contributed by atoms with Gasteiger partial charge in [-0.05, 0) is 71.3 Å². The third-order valence-electron chi connectivity index (χ3n) is 10.5. The lowest BCUT2D eigenvalue weighted by Gasteiger charge is -2.10. The van der Waals surface area contributed by atoms with Gasteiger partial charge in [0.2, 0.25) is 0 Å². The van der Waals surface area contributed by atoms with Crippen molar-refractivity contribution in [2.75, 3.05) is 0 Å². The van der Waals surface area contributed by atoms with Gasteiger partial charge in [0, 0.05) is 43.6 Å². The van der Waals surface area contributed by atoms with Gasteiger partial charge in [-0.25, -0.2) is 0 Å². The molecule has 0 radical (unpaired) electrons. The van der Waals surface area contributed by atoms with Crippen LogP contribution >= 0.6 is 0 Å². The van der Waals surface area contributed by atoms with Crippen LogP contribution in [0.15, 0.2) is 186 Å². The highest BCUT2D eigenvalue weighted by molar-refractivity contribution is 6.15. The van der Waals surface area contributed by atoms with E-state index in [1.807, 2.05) is 0 Å². The first kappa shape index (κ1) is 28.0. The summed E-state index contributed by atoms with van der Waals surface area (Å²) in [5.41, 5.74) is 13.4. The maximum atomic E-state index is 6.87. The summed E-state index contributed by atoms with van der Waals surface area (Å²) < 4.78 is 11.6. The summed E-state index contributed by atoms with van der Waals surface area (Å²) in [6.07, 6.45) is 0. The zero-order valence-corrected chi connectivity index (χ0v) is 27.6. The highest BCUT2D eigenvalue weighted by Crippen LogP contribution is 2.42. The van der Waals surface area contributed by atoms with Crippen LogP contribution in [0.25, 0.3) is 99.2 Å². The minimum Gasteiger partial charge on any atom is -0.453 e. The average Bonchev–Trinajstić information content (AvgIpc) is 3.86. The maximum Gasteiger partial charge on any atom is 0.159 e. The molecule has 11 rings (SSSR count). The van der Waals surface area contributed by atoms with E-state index in [0.29, 0.717) is 0 Å². The second kappa shape index (κ2) is 10.8. The molecule has 3 aromatic heterocycles. The number of para-hydroxylation sites is 5. The molecule has 0 aliphatic carbocycles. The number of hydrogen-bond acceptors (Lipinski definition) is 1. The zero-order chi connectivity index (χ0) is 33.5. The summed E-state index contributed by atoms with van der Waals surface area (Å²) in [5.74, 6) is 0. The Morgan fingerprint density at radius 1 is 0.314 bits per heavy atom. The minimum absolute atomic E-state index is 0.892. The molecule has 3 heteroatoms. The Kier molecular flexibility index (Phi) is 5.96. The highest BCUT2D eigenvalue weighted by atomic mass is 16.3. The lowest BCUT2D eigenvalue weighted by molar-refractivity contribution is 0.667. The molecule has 0 saturated heterocycles. The Morgan fingerprint density at radius 3 is 1.51 bits per heavy atom. The molecule has 0 saturated carbocycles. The minimum atomic E-state index is 0.892. The highest BCUT2D eigenvalue weighted by Gasteiger charge is 2.20. The SMILES string of the molecule is c1ccc(-c2cccc3c2oc2c(-n4c5ccccc5c5cc(-c6ccc7c(c6)c6ccccc6n7-c6ccccc6)ccc54)cccc23)cc1. The summed E-state index contributed by atoms with van der Waals surface area (Å²) in [6, 6.07) is 65.3. The van der Waals surface area contributed by atoms with Gasteiger partial charge in [-0.3, -0.25) is 0 Å². The standard InChI is InChI=1S/C48H30N2O/c1-3-13-31(14-4-1)35-19-11-20-38-39-21-12-24-46(48(39)51-47(35)38)50-43-23-10-8-18-37(43)41-30-33(26-28-45(41)50)32-25-27-44-40(29-32)36-17-7-9-22-42(36)49(44)34-15-5-2-6-16-34/h1-30H. The molecule has 0 atom stereocenters. The van der Waals surface area contributed by atoms with Crippen LogP contribution in [0, 0.1) is 0 Å². The molecular weight excluding hydrogens is 621 g/mol. The summed E-state index contributed by atoms with van der Waals surface area (Å²) >= 11 is 0. The fourth-order valence-electron chi connectivity index (χ4n) is 8.25. The number of benzene rings is 8. The number of furan rings is 1. The van der Waals surface area contributed by atoms with Crippen molar-refractivity contribution in [2.24, 2.45) is 0 Å². The van der Waals surface area contributed by atoms with Gasteiger partial charge in [0.1, 0.15) is 5.58 Å². The van der Waals surface area contributed by atoms with Crippen molar-refractivity contribution >= 4 is 65.6 Å². The quantitative estimate of drug-likeness (QED) is 0.186. The van der Waals surface area contributed by atoms with Gasteiger partial charge in [-0.15, -0.1) is 0 Å². The Bertz CT molecular complexity index is 3130. The van der Waals surface area contributed by atoms with Crippen molar-refractivity contribution < 1.29 is 4.42 Å². The number of hydrogen-bond donors (Lipinski definition) is 0. The Morgan fingerprint density at radius 2 is 0.824 bits per heavy atom. The molecule has 11 aromatic rings. The summed E-state index contributed by atoms with van der Waals surface area (Å²) in [5, 5.41) is 7.18. The summed E-state index contributed by atoms with van der Waals surface area (Å²) in [7, 11) is 0. The monoisotopic (exact) mass is 650 g/mol. The molecular formula is C48H30N2O. The van der Waals surface area contributed by atoms with Crippen molar-refractivity contribution in [3.63, 3.8) is 0 Å². The van der Waals surface area contributed by atoms with Gasteiger partial charge in [-0.1, -0.05) is 127 Å². The lowest BCUT2D eigenvalue weighted by Crippen LogP contribution is -1.94. The van der Waals surface area contributed by atoms with Gasteiger partial charge < -0.3 is 13.6 Å². The van der Waals surface area contributed by atoms with E-state index < -0.39 is 0 Å². The first-order valence-electron chi connectivity index (χ1n) is 17.4. The summed E-state index contributed by atoms with van der Waals surface area (Å²) in [4.78, 5) is 0. The molecule has 0 bridgehead atoms. The van der Waals surface area contributed by atoms with Crippen LogP contribution in [0.3, 0.4) is 0 Å². The number of nitrogens with zero attached hydrogens (tertiary/aromatic N) is 2. The van der Waals surface area contributed by atoms with E-state index >= 15 is 0 Å². The van der Waals surface area contributed by atoms with E-state index in [1.165, 1.54) is 49.4 Å². The first-order valence-corrected chi connectivity index (χ1v) is 17.4. The Labute approximate surface area is 293 Å². The molecule has 8 aromatic carbocycles. The molecule has 0 fully saturated rings. The molecule has 3 heterocycles. The normalized spacial score (nSPS) is 11.9. The van der Waals surface area contributed by atoms with Crippen molar-refractivity contribution in [1.29, 1.82) is 0 Å². The van der Waals surface area contributed by atoms with Crippen LogP contribution in [0.2, 0.25) is 0 Å². The van der Waals surface area contributed by atoms with Gasteiger partial charge in [-0.2, -0.15) is 0 Å². The van der Waals surface area contributed by atoms with Crippen molar-refractivity contribution in [3.05, 3.63) is 182 Å². The maximum absolute atomic E-state index is 6.87. The number of rotatable bonds is 4. The lowest BCUT2D eigenvalue weighted by atomic mass is 10.0. The van der Waals surface area contributed by atoms with Crippen molar-refractivity contribution in [3.8, 4) is 33.6 Å². The smallest absolute Gasteiger partial charge is 0.159 e. The van der Waals surface area contributed by atoms with Crippen LogP contribution < -0.4 is 0 Å². The van der Waals surface area contributed by atoms with Gasteiger partial charge >= 0.3 is 0 Å². The Balaban J connectivity index is 1.12. The van der Waals surface area contributed by atoms with E-state index in [4.69, 9.17) is 4.42 Å². The van der Waals surface area contributed by atoms with Gasteiger partial charge in [0.25, 0.3) is 0 Å². The van der Waals surface area contributed by atoms with E-state index in [2.05, 4.69) is 191 Å². The fourth-order valence-corrected chi connectivity index (χ4v) is 8.25. The summed E-state index contributed by atoms with van der Waals surface area (Å²) in [6.45, 7) is 0. The molecule has 0 N–H and O–H groups in total. The molecule has 0 unspecified atom stereocenters. The van der Waals surface area contributed by atoms with E-state index in [1.54, 1.807) is 0 Å². The van der Waals surface area contributed by atoms with Gasteiger partial charge in [0.15, 0.2) is 5.58 Å². The van der Waals surface area contributed by atoms with Crippen molar-refractivity contribution in [2.45, 2.75) is 0 Å². The van der Waals surface area contributed by atoms with Crippen LogP contribution in [-0.4, -0.2) is 9.13 Å². The molecule has 0 aliphatic rings. The topological polar surface area (TPSA) is 23.0 Å². The largest absolute Gasteiger partial charge is 0.453 e. The molecule has 238 valence electrons. The second-order valence-electron chi connectivity index (χ2n) is 13.3. The van der Waals surface area contributed by atoms with Crippen molar-refractivity contribution in [1.82, 2.24) is 9.13 Å². The second-order valence-corrected chi connectivity index (χ2v) is 13.3.